The van der Waals surface area contributed by atoms with E-state index in [1.165, 1.54) is 42.1 Å². The molecule has 0 aliphatic carbocycles. The Kier molecular flexibility index (Phi) is 4.99. The summed E-state index contributed by atoms with van der Waals surface area (Å²) in [5.41, 5.74) is 0.948. The van der Waals surface area contributed by atoms with Crippen molar-refractivity contribution in [2.45, 2.75) is 24.0 Å². The number of rotatable bonds is 4. The number of benzene rings is 2. The Hall–Kier alpha value is -2.15. The average Bonchev–Trinajstić information content (AvgIpc) is 2.55. The highest BCUT2D eigenvalue weighted by molar-refractivity contribution is 7.99. The van der Waals surface area contributed by atoms with Gasteiger partial charge in [-0.25, -0.2) is 4.39 Å². The summed E-state index contributed by atoms with van der Waals surface area (Å²) in [7, 11) is 0. The second kappa shape index (κ2) is 7.17. The van der Waals surface area contributed by atoms with Gasteiger partial charge < -0.3 is 10.1 Å². The van der Waals surface area contributed by atoms with Crippen molar-refractivity contribution in [3.05, 3.63) is 59.4 Å². The zero-order valence-electron chi connectivity index (χ0n) is 12.5. The van der Waals surface area contributed by atoms with E-state index < -0.39 is 12.5 Å². The summed E-state index contributed by atoms with van der Waals surface area (Å²) in [5.74, 6) is -0.109. The largest absolute Gasteiger partial charge is 0.435 e. The van der Waals surface area contributed by atoms with E-state index in [-0.39, 0.29) is 23.2 Å². The van der Waals surface area contributed by atoms with E-state index in [4.69, 9.17) is 0 Å². The number of hydrogen-bond donors (Lipinski definition) is 1. The van der Waals surface area contributed by atoms with E-state index >= 15 is 0 Å². The number of fused-ring (bicyclic) bond motifs is 1. The maximum absolute atomic E-state index is 13.9. The molecule has 2 aromatic rings. The Bertz CT molecular complexity index is 754. The van der Waals surface area contributed by atoms with Crippen LogP contribution in [0.5, 0.6) is 5.75 Å². The van der Waals surface area contributed by atoms with Gasteiger partial charge in [0, 0.05) is 16.2 Å². The van der Waals surface area contributed by atoms with E-state index in [0.29, 0.717) is 17.1 Å². The molecule has 0 bridgehead atoms. The Morgan fingerprint density at radius 1 is 1.25 bits per heavy atom. The first-order chi connectivity index (χ1) is 11.5. The summed E-state index contributed by atoms with van der Waals surface area (Å²) in [6, 6.07) is 10.1. The molecule has 7 heteroatoms. The lowest BCUT2D eigenvalue weighted by Crippen LogP contribution is -2.30. The number of nitrogens with one attached hydrogen (secondary N) is 1. The molecule has 0 saturated heterocycles. The standard InChI is InChI=1S/C17H14F3NO2S/c18-13-6-2-5-12-14(7-8-24-15(12)13)21-16(22)10-3-1-4-11(9-10)23-17(19)20/h1-6,9,14,17H,7-8H2,(H,21,22). The lowest BCUT2D eigenvalue weighted by Gasteiger charge is -2.26. The monoisotopic (exact) mass is 353 g/mol. The smallest absolute Gasteiger partial charge is 0.387 e. The van der Waals surface area contributed by atoms with Gasteiger partial charge in [0.25, 0.3) is 5.91 Å². The molecule has 1 heterocycles. The number of thioether (sulfide) groups is 1. The highest BCUT2D eigenvalue weighted by Gasteiger charge is 2.25. The third-order valence-electron chi connectivity index (χ3n) is 3.65. The Morgan fingerprint density at radius 3 is 2.83 bits per heavy atom. The molecule has 1 amide bonds. The normalized spacial score (nSPS) is 16.6. The molecular weight excluding hydrogens is 339 g/mol. The lowest BCUT2D eigenvalue weighted by molar-refractivity contribution is -0.0498. The third kappa shape index (κ3) is 3.67. The number of carbonyl (C=O) groups is 1. The summed E-state index contributed by atoms with van der Waals surface area (Å²) in [4.78, 5) is 12.9. The zero-order valence-corrected chi connectivity index (χ0v) is 13.3. The van der Waals surface area contributed by atoms with E-state index in [1.54, 1.807) is 12.1 Å². The van der Waals surface area contributed by atoms with Gasteiger partial charge in [0.1, 0.15) is 11.6 Å². The topological polar surface area (TPSA) is 38.3 Å². The van der Waals surface area contributed by atoms with Gasteiger partial charge in [0.15, 0.2) is 0 Å². The summed E-state index contributed by atoms with van der Waals surface area (Å²) in [6.45, 7) is -2.95. The molecule has 0 fully saturated rings. The Morgan fingerprint density at radius 2 is 2.04 bits per heavy atom. The van der Waals surface area contributed by atoms with Crippen LogP contribution in [0.25, 0.3) is 0 Å². The number of halogens is 3. The molecule has 1 aliphatic heterocycles. The predicted octanol–water partition coefficient (Wildman–Crippen LogP) is 4.39. The first kappa shape index (κ1) is 16.7. The predicted molar refractivity (Wildman–Crippen MR) is 85.0 cm³/mol. The van der Waals surface area contributed by atoms with Crippen molar-refractivity contribution in [2.24, 2.45) is 0 Å². The average molecular weight is 353 g/mol. The van der Waals surface area contributed by atoms with Gasteiger partial charge in [0.05, 0.1) is 6.04 Å². The number of hydrogen-bond acceptors (Lipinski definition) is 3. The van der Waals surface area contributed by atoms with Crippen LogP contribution < -0.4 is 10.1 Å². The summed E-state index contributed by atoms with van der Waals surface area (Å²) >= 11 is 1.42. The molecule has 0 saturated carbocycles. The summed E-state index contributed by atoms with van der Waals surface area (Å²) in [6.07, 6.45) is 0.667. The van der Waals surface area contributed by atoms with Crippen molar-refractivity contribution in [2.75, 3.05) is 5.75 Å². The highest BCUT2D eigenvalue weighted by Crippen LogP contribution is 2.37. The van der Waals surface area contributed by atoms with Gasteiger partial charge >= 0.3 is 6.61 Å². The maximum atomic E-state index is 13.9. The van der Waals surface area contributed by atoms with Crippen LogP contribution in [-0.2, 0) is 0 Å². The number of ether oxygens (including phenoxy) is 1. The van der Waals surface area contributed by atoms with Gasteiger partial charge in [-0.05, 0) is 36.2 Å². The minimum absolute atomic E-state index is 0.0803. The molecule has 1 N–H and O–H groups in total. The molecule has 0 aromatic heterocycles. The van der Waals surface area contributed by atoms with Crippen LogP contribution in [0.2, 0.25) is 0 Å². The minimum Gasteiger partial charge on any atom is -0.435 e. The van der Waals surface area contributed by atoms with Crippen molar-refractivity contribution in [3.63, 3.8) is 0 Å². The van der Waals surface area contributed by atoms with Crippen molar-refractivity contribution in [3.8, 4) is 5.75 Å². The first-order valence-electron chi connectivity index (χ1n) is 7.31. The maximum Gasteiger partial charge on any atom is 0.387 e. The second-order valence-electron chi connectivity index (χ2n) is 5.23. The van der Waals surface area contributed by atoms with Crippen molar-refractivity contribution in [1.82, 2.24) is 5.32 Å². The fourth-order valence-electron chi connectivity index (χ4n) is 2.59. The SMILES string of the molecule is O=C(NC1CCSc2c(F)cccc21)c1cccc(OC(F)F)c1. The zero-order chi connectivity index (χ0) is 17.1. The van der Waals surface area contributed by atoms with Gasteiger partial charge in [-0.2, -0.15) is 8.78 Å². The fourth-order valence-corrected chi connectivity index (χ4v) is 3.73. The Labute approximate surface area is 141 Å². The third-order valence-corrected chi connectivity index (χ3v) is 4.81. The summed E-state index contributed by atoms with van der Waals surface area (Å²) < 4.78 is 42.7. The quantitative estimate of drug-likeness (QED) is 0.886. The number of carbonyl (C=O) groups excluding carboxylic acids is 1. The van der Waals surface area contributed by atoms with Crippen molar-refractivity contribution >= 4 is 17.7 Å². The lowest BCUT2D eigenvalue weighted by atomic mass is 10.0. The Balaban J connectivity index is 1.78. The highest BCUT2D eigenvalue weighted by atomic mass is 32.2. The van der Waals surface area contributed by atoms with E-state index in [2.05, 4.69) is 10.1 Å². The molecule has 1 unspecified atom stereocenters. The fraction of sp³-hybridized carbons (Fsp3) is 0.235. The molecule has 0 radical (unpaired) electrons. The van der Waals surface area contributed by atoms with Gasteiger partial charge in [-0.1, -0.05) is 18.2 Å². The number of alkyl halides is 2. The molecule has 24 heavy (non-hydrogen) atoms. The van der Waals surface area contributed by atoms with E-state index in [0.717, 1.165) is 5.56 Å². The van der Waals surface area contributed by atoms with Crippen LogP contribution in [0, 0.1) is 5.82 Å². The van der Waals surface area contributed by atoms with Crippen LogP contribution in [0.15, 0.2) is 47.4 Å². The molecule has 3 nitrogen and oxygen atoms in total. The van der Waals surface area contributed by atoms with Crippen LogP contribution in [-0.4, -0.2) is 18.3 Å². The molecular formula is C17H14F3NO2S. The second-order valence-corrected chi connectivity index (χ2v) is 6.33. The van der Waals surface area contributed by atoms with Gasteiger partial charge in [0.2, 0.25) is 0 Å². The first-order valence-corrected chi connectivity index (χ1v) is 8.30. The molecule has 0 spiro atoms. The van der Waals surface area contributed by atoms with E-state index in [1.807, 2.05) is 0 Å². The van der Waals surface area contributed by atoms with Crippen LogP contribution in [0.4, 0.5) is 13.2 Å². The van der Waals surface area contributed by atoms with Gasteiger partial charge in [-0.15, -0.1) is 11.8 Å². The molecule has 3 rings (SSSR count). The molecule has 1 aliphatic rings. The minimum atomic E-state index is -2.95. The van der Waals surface area contributed by atoms with Gasteiger partial charge in [-0.3, -0.25) is 4.79 Å². The molecule has 1 atom stereocenters. The van der Waals surface area contributed by atoms with Crippen LogP contribution in [0.1, 0.15) is 28.4 Å². The van der Waals surface area contributed by atoms with Crippen LogP contribution >= 0.6 is 11.8 Å². The van der Waals surface area contributed by atoms with Crippen molar-refractivity contribution < 1.29 is 22.7 Å². The van der Waals surface area contributed by atoms with Crippen LogP contribution in [0.3, 0.4) is 0 Å². The summed E-state index contributed by atoms with van der Waals surface area (Å²) in [5, 5.41) is 2.84. The molecule has 2 aromatic carbocycles. The number of amides is 1. The van der Waals surface area contributed by atoms with Crippen molar-refractivity contribution in [1.29, 1.82) is 0 Å². The van der Waals surface area contributed by atoms with E-state index in [9.17, 15) is 18.0 Å². The molecule has 126 valence electrons.